The first kappa shape index (κ1) is 13.1. The largest absolute Gasteiger partial charge is 0.381 e. The van der Waals surface area contributed by atoms with Crippen LogP contribution in [0.2, 0.25) is 0 Å². The molecular formula is C13H19F2N3. The van der Waals surface area contributed by atoms with Gasteiger partial charge in [0.2, 0.25) is 0 Å². The van der Waals surface area contributed by atoms with Gasteiger partial charge in [0, 0.05) is 19.2 Å². The van der Waals surface area contributed by atoms with Gasteiger partial charge < -0.3 is 10.6 Å². The van der Waals surface area contributed by atoms with E-state index in [1.165, 1.54) is 0 Å². The first-order valence-corrected chi connectivity index (χ1v) is 6.25. The molecule has 1 aromatic rings. The molecule has 5 heteroatoms. The molecular weight excluding hydrogens is 236 g/mol. The average Bonchev–Trinajstić information content (AvgIpc) is 2.45. The van der Waals surface area contributed by atoms with Crippen LogP contribution in [-0.4, -0.2) is 18.1 Å². The van der Waals surface area contributed by atoms with Crippen molar-refractivity contribution in [3.8, 4) is 0 Å². The minimum Gasteiger partial charge on any atom is -0.381 e. The minimum absolute atomic E-state index is 0.173. The molecule has 2 N–H and O–H groups in total. The Hall–Kier alpha value is -1.39. The third-order valence-electron chi connectivity index (χ3n) is 3.58. The number of nitrogens with zero attached hydrogens (tertiary/aromatic N) is 2. The summed E-state index contributed by atoms with van der Waals surface area (Å²) in [7, 11) is 0. The van der Waals surface area contributed by atoms with Crippen LogP contribution in [0.4, 0.5) is 20.4 Å². The van der Waals surface area contributed by atoms with Crippen LogP contribution in [0.1, 0.15) is 33.1 Å². The van der Waals surface area contributed by atoms with Gasteiger partial charge in [0.15, 0.2) is 23.3 Å². The Morgan fingerprint density at radius 2 is 1.94 bits per heavy atom. The van der Waals surface area contributed by atoms with Gasteiger partial charge in [-0.3, -0.25) is 0 Å². The molecule has 0 amide bonds. The molecule has 0 unspecified atom stereocenters. The Morgan fingerprint density at radius 3 is 2.67 bits per heavy atom. The summed E-state index contributed by atoms with van der Waals surface area (Å²) in [5.74, 6) is -1.51. The quantitative estimate of drug-likeness (QED) is 0.839. The maximum Gasteiger partial charge on any atom is 0.168 e. The standard InChI is InChI=1S/C13H19F2N3/c1-13(2)4-3-6-18(7-5-13)12-10(15)8-9(14)11(16)17-12/h8H,3-7H2,1-2H3,(H2,16,17). The van der Waals surface area contributed by atoms with Crippen molar-refractivity contribution >= 4 is 11.6 Å². The molecule has 0 aliphatic carbocycles. The minimum atomic E-state index is -0.800. The molecule has 1 aromatic heterocycles. The van der Waals surface area contributed by atoms with E-state index in [0.717, 1.165) is 38.4 Å². The maximum atomic E-state index is 13.7. The Morgan fingerprint density at radius 1 is 1.22 bits per heavy atom. The second-order valence-electron chi connectivity index (χ2n) is 5.67. The van der Waals surface area contributed by atoms with E-state index in [0.29, 0.717) is 0 Å². The summed E-state index contributed by atoms with van der Waals surface area (Å²) in [4.78, 5) is 5.70. The van der Waals surface area contributed by atoms with Gasteiger partial charge >= 0.3 is 0 Å². The zero-order valence-corrected chi connectivity index (χ0v) is 10.8. The number of anilines is 2. The SMILES string of the molecule is CC1(C)CCCN(c2nc(N)c(F)cc2F)CC1. The van der Waals surface area contributed by atoms with E-state index in [4.69, 9.17) is 5.73 Å². The Kier molecular flexibility index (Phi) is 3.41. The predicted octanol–water partition coefficient (Wildman–Crippen LogP) is 2.96. The van der Waals surface area contributed by atoms with E-state index >= 15 is 0 Å². The smallest absolute Gasteiger partial charge is 0.168 e. The van der Waals surface area contributed by atoms with Crippen molar-refractivity contribution in [2.24, 2.45) is 5.41 Å². The molecule has 1 saturated heterocycles. The van der Waals surface area contributed by atoms with Crippen molar-refractivity contribution in [3.05, 3.63) is 17.7 Å². The maximum absolute atomic E-state index is 13.7. The Bertz CT molecular complexity index is 446. The fourth-order valence-electron chi connectivity index (χ4n) is 2.33. The van der Waals surface area contributed by atoms with Crippen LogP contribution in [0.25, 0.3) is 0 Å². The lowest BCUT2D eigenvalue weighted by Crippen LogP contribution is -2.27. The zero-order chi connectivity index (χ0) is 13.3. The molecule has 0 bridgehead atoms. The molecule has 1 aliphatic heterocycles. The number of hydrogen-bond acceptors (Lipinski definition) is 3. The first-order chi connectivity index (χ1) is 8.39. The van der Waals surface area contributed by atoms with Crippen molar-refractivity contribution in [1.82, 2.24) is 4.98 Å². The van der Waals surface area contributed by atoms with Crippen LogP contribution in [-0.2, 0) is 0 Å². The van der Waals surface area contributed by atoms with Gasteiger partial charge in [0.1, 0.15) is 0 Å². The van der Waals surface area contributed by atoms with Crippen molar-refractivity contribution in [3.63, 3.8) is 0 Å². The number of nitrogen functional groups attached to an aromatic ring is 1. The predicted molar refractivity (Wildman–Crippen MR) is 68.4 cm³/mol. The van der Waals surface area contributed by atoms with E-state index in [1.807, 2.05) is 4.90 Å². The third kappa shape index (κ3) is 2.71. The van der Waals surface area contributed by atoms with Gasteiger partial charge in [-0.15, -0.1) is 0 Å². The summed E-state index contributed by atoms with van der Waals surface area (Å²) in [6.45, 7) is 5.87. The molecule has 0 radical (unpaired) electrons. The Balaban J connectivity index is 2.24. The monoisotopic (exact) mass is 255 g/mol. The summed E-state index contributed by atoms with van der Waals surface area (Å²) < 4.78 is 26.8. The van der Waals surface area contributed by atoms with Crippen molar-refractivity contribution < 1.29 is 8.78 Å². The molecule has 2 rings (SSSR count). The molecule has 0 atom stereocenters. The van der Waals surface area contributed by atoms with Gasteiger partial charge in [0.25, 0.3) is 0 Å². The molecule has 1 fully saturated rings. The fourth-order valence-corrected chi connectivity index (χ4v) is 2.33. The highest BCUT2D eigenvalue weighted by atomic mass is 19.1. The van der Waals surface area contributed by atoms with Crippen molar-refractivity contribution in [2.45, 2.75) is 33.1 Å². The van der Waals surface area contributed by atoms with Crippen LogP contribution < -0.4 is 10.6 Å². The molecule has 0 aromatic carbocycles. The first-order valence-electron chi connectivity index (χ1n) is 6.25. The fraction of sp³-hybridized carbons (Fsp3) is 0.615. The van der Waals surface area contributed by atoms with Gasteiger partial charge in [-0.1, -0.05) is 13.8 Å². The summed E-state index contributed by atoms with van der Waals surface area (Å²) in [5, 5.41) is 0. The van der Waals surface area contributed by atoms with Crippen molar-refractivity contribution in [2.75, 3.05) is 23.7 Å². The number of aromatic nitrogens is 1. The lowest BCUT2D eigenvalue weighted by atomic mass is 9.85. The summed E-state index contributed by atoms with van der Waals surface area (Å²) in [5.41, 5.74) is 5.67. The highest BCUT2D eigenvalue weighted by Gasteiger charge is 2.25. The zero-order valence-electron chi connectivity index (χ0n) is 10.8. The number of rotatable bonds is 1. The number of halogens is 2. The highest BCUT2D eigenvalue weighted by molar-refractivity contribution is 5.47. The Labute approximate surface area is 106 Å². The molecule has 0 saturated carbocycles. The highest BCUT2D eigenvalue weighted by Crippen LogP contribution is 2.32. The number of pyridine rings is 1. The van der Waals surface area contributed by atoms with Gasteiger partial charge in [0.05, 0.1) is 0 Å². The summed E-state index contributed by atoms with van der Waals surface area (Å²) in [6, 6.07) is 0.813. The second-order valence-corrected chi connectivity index (χ2v) is 5.67. The molecule has 3 nitrogen and oxygen atoms in total. The van der Waals surface area contributed by atoms with Gasteiger partial charge in [-0.25, -0.2) is 13.8 Å². The van der Waals surface area contributed by atoms with Crippen LogP contribution in [0.3, 0.4) is 0 Å². The van der Waals surface area contributed by atoms with E-state index in [-0.39, 0.29) is 17.1 Å². The van der Waals surface area contributed by atoms with Crippen molar-refractivity contribution in [1.29, 1.82) is 0 Å². The van der Waals surface area contributed by atoms with Crippen LogP contribution in [0.15, 0.2) is 6.07 Å². The molecule has 2 heterocycles. The topological polar surface area (TPSA) is 42.2 Å². The van der Waals surface area contributed by atoms with Gasteiger partial charge in [-0.2, -0.15) is 0 Å². The second kappa shape index (κ2) is 4.71. The summed E-state index contributed by atoms with van der Waals surface area (Å²) >= 11 is 0. The number of nitrogens with two attached hydrogens (primary N) is 1. The van der Waals surface area contributed by atoms with Crippen LogP contribution >= 0.6 is 0 Å². The summed E-state index contributed by atoms with van der Waals surface area (Å²) in [6.07, 6.45) is 3.04. The van der Waals surface area contributed by atoms with Gasteiger partial charge in [-0.05, 0) is 24.7 Å². The van der Waals surface area contributed by atoms with Crippen LogP contribution in [0.5, 0.6) is 0 Å². The van der Waals surface area contributed by atoms with Crippen LogP contribution in [0, 0.1) is 17.0 Å². The van der Waals surface area contributed by atoms with E-state index < -0.39 is 11.6 Å². The third-order valence-corrected chi connectivity index (χ3v) is 3.58. The van der Waals surface area contributed by atoms with E-state index in [9.17, 15) is 8.78 Å². The molecule has 1 aliphatic rings. The number of hydrogen-bond donors (Lipinski definition) is 1. The average molecular weight is 255 g/mol. The van der Waals surface area contributed by atoms with E-state index in [2.05, 4.69) is 18.8 Å². The molecule has 0 spiro atoms. The molecule has 18 heavy (non-hydrogen) atoms. The lowest BCUT2D eigenvalue weighted by molar-refractivity contribution is 0.325. The normalized spacial score (nSPS) is 19.7. The molecule has 100 valence electrons. The lowest BCUT2D eigenvalue weighted by Gasteiger charge is -2.24. The van der Waals surface area contributed by atoms with E-state index in [1.54, 1.807) is 0 Å².